The lowest BCUT2D eigenvalue weighted by Crippen LogP contribution is -2.45. The Morgan fingerprint density at radius 3 is 1.41 bits per heavy atom. The summed E-state index contributed by atoms with van der Waals surface area (Å²) in [4.78, 5) is 0. The molecule has 0 radical (unpaired) electrons. The molecule has 0 aliphatic heterocycles. The van der Waals surface area contributed by atoms with Crippen molar-refractivity contribution in [3.8, 4) is 0 Å². The molecule has 0 spiro atoms. The van der Waals surface area contributed by atoms with E-state index in [0.717, 1.165) is 0 Å². The second kappa shape index (κ2) is 4.84. The van der Waals surface area contributed by atoms with Crippen LogP contribution in [0, 0.1) is 0 Å². The van der Waals surface area contributed by atoms with Crippen LogP contribution in [0.2, 0.25) is 0 Å². The third-order valence-corrected chi connectivity index (χ3v) is 1.03. The van der Waals surface area contributed by atoms with E-state index in [0.29, 0.717) is 0 Å². The zero-order chi connectivity index (χ0) is 14.1. The molecule has 1 unspecified atom stereocenters. The standard InChI is InChI=1S/C5H2F10O2/c6-1(7)3(9,10)16-2(8)4(11,12)17-5(13,14)15/h1-2H. The zero-order valence-corrected chi connectivity index (χ0v) is 7.25. The summed E-state index contributed by atoms with van der Waals surface area (Å²) < 4.78 is 120. The van der Waals surface area contributed by atoms with Crippen molar-refractivity contribution in [2.24, 2.45) is 0 Å². The quantitative estimate of drug-likeness (QED) is 0.721. The zero-order valence-electron chi connectivity index (χ0n) is 7.25. The number of alkyl halides is 10. The molecule has 0 fully saturated rings. The van der Waals surface area contributed by atoms with Gasteiger partial charge < -0.3 is 0 Å². The first kappa shape index (κ1) is 16.2. The van der Waals surface area contributed by atoms with E-state index in [1.54, 1.807) is 4.74 Å². The topological polar surface area (TPSA) is 18.5 Å². The molecule has 0 saturated heterocycles. The molecule has 0 aliphatic rings. The molecule has 2 nitrogen and oxygen atoms in total. The molecular weight excluding hydrogens is 282 g/mol. The Balaban J connectivity index is 4.65. The van der Waals surface area contributed by atoms with E-state index in [2.05, 4.69) is 4.74 Å². The van der Waals surface area contributed by atoms with Crippen LogP contribution in [0.5, 0.6) is 0 Å². The summed E-state index contributed by atoms with van der Waals surface area (Å²) in [6.45, 7) is 0. The fourth-order valence-electron chi connectivity index (χ4n) is 0.459. The van der Waals surface area contributed by atoms with Crippen LogP contribution in [-0.4, -0.2) is 31.4 Å². The number of rotatable bonds is 5. The van der Waals surface area contributed by atoms with Gasteiger partial charge in [-0.25, -0.2) is 17.9 Å². The molecule has 17 heavy (non-hydrogen) atoms. The van der Waals surface area contributed by atoms with Gasteiger partial charge in [-0.3, -0.25) is 4.74 Å². The average molecular weight is 284 g/mol. The predicted octanol–water partition coefficient (Wildman–Crippen LogP) is 3.29. The summed E-state index contributed by atoms with van der Waals surface area (Å²) in [6.07, 6.45) is -27.1. The molecule has 0 aliphatic carbocycles. The van der Waals surface area contributed by atoms with Gasteiger partial charge in [0, 0.05) is 0 Å². The van der Waals surface area contributed by atoms with Crippen LogP contribution in [0.15, 0.2) is 0 Å². The maximum absolute atomic E-state index is 12.2. The van der Waals surface area contributed by atoms with Crippen molar-refractivity contribution in [1.29, 1.82) is 0 Å². The Morgan fingerprint density at radius 1 is 0.706 bits per heavy atom. The highest BCUT2D eigenvalue weighted by Crippen LogP contribution is 2.36. The molecule has 0 heterocycles. The van der Waals surface area contributed by atoms with Crippen molar-refractivity contribution in [2.45, 2.75) is 31.4 Å². The Kier molecular flexibility index (Phi) is 4.62. The minimum absolute atomic E-state index is 1.80. The first-order chi connectivity index (χ1) is 7.28. The van der Waals surface area contributed by atoms with E-state index >= 15 is 0 Å². The number of ether oxygens (including phenoxy) is 2. The van der Waals surface area contributed by atoms with Crippen molar-refractivity contribution in [3.63, 3.8) is 0 Å². The van der Waals surface area contributed by atoms with Crippen molar-refractivity contribution >= 4 is 0 Å². The van der Waals surface area contributed by atoms with E-state index in [-0.39, 0.29) is 0 Å². The third kappa shape index (κ3) is 5.39. The Morgan fingerprint density at radius 2 is 1.12 bits per heavy atom. The smallest absolute Gasteiger partial charge is 0.273 e. The molecule has 1 atom stereocenters. The molecule has 0 N–H and O–H groups in total. The van der Waals surface area contributed by atoms with Gasteiger partial charge in [0.05, 0.1) is 0 Å². The molecular formula is C5H2F10O2. The minimum Gasteiger partial charge on any atom is -0.273 e. The highest BCUT2D eigenvalue weighted by atomic mass is 19.4. The van der Waals surface area contributed by atoms with Crippen molar-refractivity contribution in [1.82, 2.24) is 0 Å². The lowest BCUT2D eigenvalue weighted by Gasteiger charge is -2.24. The normalized spacial score (nSPS) is 16.4. The summed E-state index contributed by atoms with van der Waals surface area (Å²) in [7, 11) is 0. The average Bonchev–Trinajstić information content (AvgIpc) is 1.97. The van der Waals surface area contributed by atoms with E-state index in [1.165, 1.54) is 0 Å². The number of hydrogen-bond donors (Lipinski definition) is 0. The van der Waals surface area contributed by atoms with Gasteiger partial charge in [0.15, 0.2) is 0 Å². The van der Waals surface area contributed by atoms with E-state index in [9.17, 15) is 43.9 Å². The van der Waals surface area contributed by atoms with Crippen LogP contribution in [0.25, 0.3) is 0 Å². The van der Waals surface area contributed by atoms with Gasteiger partial charge in [0.25, 0.3) is 6.36 Å². The molecule has 0 bridgehead atoms. The van der Waals surface area contributed by atoms with Gasteiger partial charge >= 0.3 is 25.0 Å². The lowest BCUT2D eigenvalue weighted by atomic mass is 10.6. The van der Waals surface area contributed by atoms with Crippen molar-refractivity contribution in [3.05, 3.63) is 0 Å². The van der Waals surface area contributed by atoms with Gasteiger partial charge in [-0.2, -0.15) is 17.6 Å². The van der Waals surface area contributed by atoms with Gasteiger partial charge in [-0.05, 0) is 0 Å². The van der Waals surface area contributed by atoms with Crippen LogP contribution in [0.3, 0.4) is 0 Å². The molecule has 0 rings (SSSR count). The summed E-state index contributed by atoms with van der Waals surface area (Å²) >= 11 is 0. The van der Waals surface area contributed by atoms with Gasteiger partial charge in [-0.1, -0.05) is 0 Å². The van der Waals surface area contributed by atoms with Crippen LogP contribution < -0.4 is 0 Å². The van der Waals surface area contributed by atoms with Crippen LogP contribution >= 0.6 is 0 Å². The minimum atomic E-state index is -6.07. The molecule has 12 heteroatoms. The highest BCUT2D eigenvalue weighted by molar-refractivity contribution is 4.64. The molecule has 104 valence electrons. The van der Waals surface area contributed by atoms with Crippen LogP contribution in [0.1, 0.15) is 0 Å². The van der Waals surface area contributed by atoms with E-state index < -0.39 is 31.4 Å². The Labute approximate surface area is 86.1 Å². The molecule has 0 aromatic carbocycles. The fraction of sp³-hybridized carbons (Fsp3) is 1.00. The van der Waals surface area contributed by atoms with Gasteiger partial charge in [0.1, 0.15) is 0 Å². The summed E-state index contributed by atoms with van der Waals surface area (Å²) in [5, 5.41) is 0. The van der Waals surface area contributed by atoms with Crippen LogP contribution in [-0.2, 0) is 9.47 Å². The second-order valence-corrected chi connectivity index (χ2v) is 2.41. The van der Waals surface area contributed by atoms with Crippen molar-refractivity contribution < 1.29 is 53.4 Å². The summed E-state index contributed by atoms with van der Waals surface area (Å²) in [5.41, 5.74) is 0. The summed E-state index contributed by atoms with van der Waals surface area (Å²) in [5.74, 6) is 0. The van der Waals surface area contributed by atoms with E-state index in [4.69, 9.17) is 0 Å². The first-order valence-electron chi connectivity index (χ1n) is 3.40. The Hall–Kier alpha value is -0.780. The SMILES string of the molecule is FC(F)C(F)(F)OC(F)C(F)(F)OC(F)(F)F. The lowest BCUT2D eigenvalue weighted by molar-refractivity contribution is -0.476. The van der Waals surface area contributed by atoms with Crippen LogP contribution in [0.4, 0.5) is 43.9 Å². The van der Waals surface area contributed by atoms with Crippen molar-refractivity contribution in [2.75, 3.05) is 0 Å². The van der Waals surface area contributed by atoms with Gasteiger partial charge in [-0.15, -0.1) is 13.2 Å². The predicted molar refractivity (Wildman–Crippen MR) is 29.0 cm³/mol. The molecule has 0 aromatic rings. The number of halogens is 10. The summed E-state index contributed by atoms with van der Waals surface area (Å²) in [6, 6.07) is 0. The fourth-order valence-corrected chi connectivity index (χ4v) is 0.459. The molecule has 0 aromatic heterocycles. The molecule has 0 saturated carbocycles. The maximum Gasteiger partial charge on any atom is 0.527 e. The highest BCUT2D eigenvalue weighted by Gasteiger charge is 2.57. The van der Waals surface area contributed by atoms with E-state index in [1.807, 2.05) is 0 Å². The monoisotopic (exact) mass is 284 g/mol. The largest absolute Gasteiger partial charge is 0.527 e. The maximum atomic E-state index is 12.2. The second-order valence-electron chi connectivity index (χ2n) is 2.41. The number of hydrogen-bond acceptors (Lipinski definition) is 2. The van der Waals surface area contributed by atoms with Gasteiger partial charge in [0.2, 0.25) is 0 Å². The molecule has 0 amide bonds. The Bertz CT molecular complexity index is 248. The first-order valence-corrected chi connectivity index (χ1v) is 3.40. The third-order valence-electron chi connectivity index (χ3n) is 1.03.